The zero-order valence-corrected chi connectivity index (χ0v) is 21.1. The van der Waals surface area contributed by atoms with Gasteiger partial charge in [0.2, 0.25) is 0 Å². The van der Waals surface area contributed by atoms with Crippen LogP contribution in [0.1, 0.15) is 99.8 Å². The summed E-state index contributed by atoms with van der Waals surface area (Å²) in [6, 6.07) is 0. The van der Waals surface area contributed by atoms with Gasteiger partial charge in [-0.1, -0.05) is 44.1 Å². The molecule has 0 radical (unpaired) electrons. The van der Waals surface area contributed by atoms with Crippen LogP contribution >= 0.6 is 0 Å². The standard InChI is InChI=1S/C29H46O2/c1-18(2)9-8-10-19(3)21-12-13-22-20-11-14-24-27(4,5)25(30)17-26(31)29(24,7)23(20)15-16-28(21,22)6/h9,14,19-23,26,31H,8,10-13,15-17H2,1-7H3/t19-,20+,21-,22+,23+,26+,28-,29-/m1/s1. The Bertz CT molecular complexity index is 785. The molecule has 4 aliphatic carbocycles. The van der Waals surface area contributed by atoms with Gasteiger partial charge in [-0.05, 0) is 108 Å². The van der Waals surface area contributed by atoms with Crippen molar-refractivity contribution in [2.24, 2.45) is 45.8 Å². The zero-order chi connectivity index (χ0) is 22.8. The van der Waals surface area contributed by atoms with Gasteiger partial charge < -0.3 is 5.11 Å². The molecule has 0 bridgehead atoms. The highest BCUT2D eigenvalue weighted by Gasteiger charge is 2.63. The lowest BCUT2D eigenvalue weighted by atomic mass is 9.43. The smallest absolute Gasteiger partial charge is 0.145 e. The Labute approximate surface area is 191 Å². The van der Waals surface area contributed by atoms with E-state index in [-0.39, 0.29) is 11.2 Å². The largest absolute Gasteiger partial charge is 0.392 e. The summed E-state index contributed by atoms with van der Waals surface area (Å²) < 4.78 is 0. The van der Waals surface area contributed by atoms with Crippen molar-refractivity contribution in [2.45, 2.75) is 106 Å². The van der Waals surface area contributed by atoms with Crippen LogP contribution in [0.5, 0.6) is 0 Å². The Morgan fingerprint density at radius 2 is 1.87 bits per heavy atom. The molecule has 8 atom stereocenters. The number of aliphatic hydroxyl groups excluding tert-OH is 1. The molecule has 3 saturated carbocycles. The third-order valence-electron chi connectivity index (χ3n) is 10.8. The minimum Gasteiger partial charge on any atom is -0.392 e. The maximum Gasteiger partial charge on any atom is 0.145 e. The number of hydrogen-bond donors (Lipinski definition) is 1. The van der Waals surface area contributed by atoms with Gasteiger partial charge in [-0.15, -0.1) is 0 Å². The second-order valence-electron chi connectivity index (χ2n) is 12.8. The van der Waals surface area contributed by atoms with Crippen LogP contribution in [0, 0.1) is 45.8 Å². The van der Waals surface area contributed by atoms with Crippen molar-refractivity contribution in [3.05, 3.63) is 23.3 Å². The Morgan fingerprint density at radius 1 is 1.16 bits per heavy atom. The molecule has 2 heteroatoms. The fourth-order valence-electron chi connectivity index (χ4n) is 8.99. The quantitative estimate of drug-likeness (QED) is 0.486. The van der Waals surface area contributed by atoms with E-state index >= 15 is 0 Å². The van der Waals surface area contributed by atoms with Crippen LogP contribution in [0.2, 0.25) is 0 Å². The molecule has 0 aliphatic heterocycles. The van der Waals surface area contributed by atoms with Gasteiger partial charge in [-0.25, -0.2) is 0 Å². The lowest BCUT2D eigenvalue weighted by molar-refractivity contribution is -0.144. The van der Waals surface area contributed by atoms with Crippen LogP contribution in [0.4, 0.5) is 0 Å². The first-order valence-corrected chi connectivity index (χ1v) is 13.0. The number of carbonyl (C=O) groups excluding carboxylic acids is 1. The van der Waals surface area contributed by atoms with E-state index in [0.717, 1.165) is 24.2 Å². The first kappa shape index (κ1) is 23.3. The molecule has 4 aliphatic rings. The molecule has 0 spiro atoms. The highest BCUT2D eigenvalue weighted by molar-refractivity contribution is 5.89. The van der Waals surface area contributed by atoms with Crippen LogP contribution in [-0.4, -0.2) is 17.0 Å². The first-order valence-electron chi connectivity index (χ1n) is 13.0. The minimum absolute atomic E-state index is 0.217. The number of Topliss-reactive ketones (excluding diaryl/α,β-unsaturated/α-hetero) is 1. The predicted octanol–water partition coefficient (Wildman–Crippen LogP) is 7.12. The maximum absolute atomic E-state index is 12.8. The summed E-state index contributed by atoms with van der Waals surface area (Å²) in [5.74, 6) is 3.79. The van der Waals surface area contributed by atoms with Gasteiger partial charge in [-0.2, -0.15) is 0 Å². The third-order valence-corrected chi connectivity index (χ3v) is 10.8. The fraction of sp³-hybridized carbons (Fsp3) is 0.828. The topological polar surface area (TPSA) is 37.3 Å². The van der Waals surface area contributed by atoms with Gasteiger partial charge in [0, 0.05) is 17.3 Å². The van der Waals surface area contributed by atoms with E-state index in [1.54, 1.807) is 0 Å². The van der Waals surface area contributed by atoms with Gasteiger partial charge in [0.1, 0.15) is 5.78 Å². The minimum atomic E-state index is -0.517. The molecule has 31 heavy (non-hydrogen) atoms. The molecule has 3 fully saturated rings. The normalized spacial score (nSPS) is 44.6. The summed E-state index contributed by atoms with van der Waals surface area (Å²) in [5.41, 5.74) is 2.48. The number of fused-ring (bicyclic) bond motifs is 5. The molecule has 0 heterocycles. The molecule has 0 unspecified atom stereocenters. The molecular weight excluding hydrogens is 380 g/mol. The molecule has 2 nitrogen and oxygen atoms in total. The summed E-state index contributed by atoms with van der Waals surface area (Å²) in [6.07, 6.45) is 13.5. The molecule has 174 valence electrons. The van der Waals surface area contributed by atoms with Crippen LogP contribution in [-0.2, 0) is 4.79 Å². The molecule has 4 rings (SSSR count). The maximum atomic E-state index is 12.8. The Morgan fingerprint density at radius 3 is 2.55 bits per heavy atom. The third kappa shape index (κ3) is 3.42. The van der Waals surface area contributed by atoms with Crippen molar-refractivity contribution in [1.29, 1.82) is 0 Å². The van der Waals surface area contributed by atoms with Crippen LogP contribution < -0.4 is 0 Å². The van der Waals surface area contributed by atoms with Gasteiger partial charge >= 0.3 is 0 Å². The molecular formula is C29H46O2. The fourth-order valence-corrected chi connectivity index (χ4v) is 8.99. The van der Waals surface area contributed by atoms with E-state index in [4.69, 9.17) is 0 Å². The second-order valence-corrected chi connectivity index (χ2v) is 12.8. The van der Waals surface area contributed by atoms with Crippen molar-refractivity contribution in [3.8, 4) is 0 Å². The van der Waals surface area contributed by atoms with E-state index < -0.39 is 11.5 Å². The summed E-state index contributed by atoms with van der Waals surface area (Å²) >= 11 is 0. The van der Waals surface area contributed by atoms with Crippen molar-refractivity contribution in [3.63, 3.8) is 0 Å². The number of aliphatic hydroxyl groups is 1. The lowest BCUT2D eigenvalue weighted by Gasteiger charge is -2.61. The highest BCUT2D eigenvalue weighted by Crippen LogP contribution is 2.68. The van der Waals surface area contributed by atoms with Crippen LogP contribution in [0.15, 0.2) is 23.3 Å². The Balaban J connectivity index is 1.60. The summed E-state index contributed by atoms with van der Waals surface area (Å²) in [5, 5.41) is 11.2. The number of hydrogen-bond acceptors (Lipinski definition) is 2. The van der Waals surface area contributed by atoms with Crippen molar-refractivity contribution in [1.82, 2.24) is 0 Å². The number of ketones is 1. The van der Waals surface area contributed by atoms with Crippen molar-refractivity contribution in [2.75, 3.05) is 0 Å². The van der Waals surface area contributed by atoms with Gasteiger partial charge in [0.25, 0.3) is 0 Å². The Kier molecular flexibility index (Phi) is 5.90. The van der Waals surface area contributed by atoms with E-state index in [1.165, 1.54) is 49.7 Å². The van der Waals surface area contributed by atoms with Gasteiger partial charge in [0.05, 0.1) is 6.10 Å². The van der Waals surface area contributed by atoms with E-state index in [1.807, 2.05) is 0 Å². The number of allylic oxidation sites excluding steroid dienone is 3. The van der Waals surface area contributed by atoms with Gasteiger partial charge in [-0.3, -0.25) is 4.79 Å². The molecule has 0 amide bonds. The monoisotopic (exact) mass is 426 g/mol. The predicted molar refractivity (Wildman–Crippen MR) is 129 cm³/mol. The number of rotatable bonds is 4. The highest BCUT2D eigenvalue weighted by atomic mass is 16.3. The summed E-state index contributed by atoms with van der Waals surface area (Å²) in [4.78, 5) is 12.8. The van der Waals surface area contributed by atoms with Crippen molar-refractivity contribution < 1.29 is 9.90 Å². The molecule has 0 aromatic rings. The van der Waals surface area contributed by atoms with Crippen LogP contribution in [0.3, 0.4) is 0 Å². The molecule has 0 saturated heterocycles. The summed E-state index contributed by atoms with van der Waals surface area (Å²) in [6.45, 7) is 16.0. The van der Waals surface area contributed by atoms with E-state index in [0.29, 0.717) is 23.7 Å². The second kappa shape index (κ2) is 7.86. The molecule has 0 aromatic carbocycles. The first-order chi connectivity index (χ1) is 14.4. The lowest BCUT2D eigenvalue weighted by Crippen LogP contribution is -2.59. The van der Waals surface area contributed by atoms with E-state index in [9.17, 15) is 9.90 Å². The SMILES string of the molecule is CC(C)=CCC[C@@H](C)[C@H]1CC[C@H]2[C@@H]3CC=C4C(C)(C)C(=O)C[C@H](O)[C@]4(C)[C@H]3CC[C@]12C. The molecule has 0 aromatic heterocycles. The van der Waals surface area contributed by atoms with Crippen molar-refractivity contribution >= 4 is 5.78 Å². The summed E-state index contributed by atoms with van der Waals surface area (Å²) in [7, 11) is 0. The Hall–Kier alpha value is -0.890. The van der Waals surface area contributed by atoms with Crippen LogP contribution in [0.25, 0.3) is 0 Å². The number of carbonyl (C=O) groups is 1. The van der Waals surface area contributed by atoms with E-state index in [2.05, 4.69) is 60.6 Å². The zero-order valence-electron chi connectivity index (χ0n) is 21.1. The average molecular weight is 427 g/mol. The van der Waals surface area contributed by atoms with Gasteiger partial charge in [0.15, 0.2) is 0 Å². The molecule has 1 N–H and O–H groups in total. The average Bonchev–Trinajstić information content (AvgIpc) is 3.04.